The fourth-order valence-corrected chi connectivity index (χ4v) is 2.60. The Morgan fingerprint density at radius 1 is 1.32 bits per heavy atom. The highest BCUT2D eigenvalue weighted by molar-refractivity contribution is 5.80. The lowest BCUT2D eigenvalue weighted by Gasteiger charge is -2.21. The van der Waals surface area contributed by atoms with Crippen molar-refractivity contribution < 1.29 is 14.3 Å². The lowest BCUT2D eigenvalue weighted by molar-refractivity contribution is -0.146. The molecule has 102 valence electrons. The number of aliphatic imine (C=N–C) groups is 1. The summed E-state index contributed by atoms with van der Waals surface area (Å²) in [6.07, 6.45) is 0.977. The van der Waals surface area contributed by atoms with Gasteiger partial charge < -0.3 is 9.47 Å². The van der Waals surface area contributed by atoms with Crippen molar-refractivity contribution in [1.82, 2.24) is 0 Å². The molecule has 2 atom stereocenters. The van der Waals surface area contributed by atoms with E-state index >= 15 is 0 Å². The van der Waals surface area contributed by atoms with Crippen LogP contribution in [0.1, 0.15) is 35.3 Å². The summed E-state index contributed by atoms with van der Waals surface area (Å²) >= 11 is 0. The number of hydrogen-bond donors (Lipinski definition) is 0. The van der Waals surface area contributed by atoms with Crippen LogP contribution in [0.2, 0.25) is 0 Å². The Balaban J connectivity index is 2.34. The summed E-state index contributed by atoms with van der Waals surface area (Å²) in [6.45, 7) is 8.25. The molecular formula is C15H19NO3. The van der Waals surface area contributed by atoms with Crippen molar-refractivity contribution in [2.45, 2.75) is 39.8 Å². The van der Waals surface area contributed by atoms with E-state index in [0.29, 0.717) is 6.61 Å². The number of ether oxygens (including phenoxy) is 2. The second kappa shape index (κ2) is 5.43. The first kappa shape index (κ1) is 13.6. The second-order valence-electron chi connectivity index (χ2n) is 4.82. The smallest absolute Gasteiger partial charge is 0.335 e. The van der Waals surface area contributed by atoms with Crippen LogP contribution in [-0.4, -0.2) is 25.0 Å². The molecule has 1 heterocycles. The monoisotopic (exact) mass is 261 g/mol. The average molecular weight is 261 g/mol. The maximum Gasteiger partial charge on any atom is 0.335 e. The zero-order chi connectivity index (χ0) is 14.0. The molecule has 1 aromatic carbocycles. The van der Waals surface area contributed by atoms with Gasteiger partial charge in [-0.2, -0.15) is 0 Å². The first-order chi connectivity index (χ1) is 9.04. The third kappa shape index (κ3) is 2.62. The van der Waals surface area contributed by atoms with Gasteiger partial charge in [0.15, 0.2) is 18.5 Å². The molecule has 1 aliphatic rings. The Labute approximate surface area is 113 Å². The fraction of sp³-hybridized carbons (Fsp3) is 0.467. The summed E-state index contributed by atoms with van der Waals surface area (Å²) < 4.78 is 10.6. The van der Waals surface area contributed by atoms with Crippen LogP contribution in [0.15, 0.2) is 17.1 Å². The lowest BCUT2D eigenvalue weighted by Crippen LogP contribution is -2.27. The first-order valence-electron chi connectivity index (χ1n) is 6.46. The second-order valence-corrected chi connectivity index (χ2v) is 4.82. The summed E-state index contributed by atoms with van der Waals surface area (Å²) in [5.74, 6) is -0.333. The molecule has 1 aromatic rings. The van der Waals surface area contributed by atoms with Gasteiger partial charge >= 0.3 is 5.97 Å². The number of aryl methyl sites for hydroxylation is 3. The molecule has 19 heavy (non-hydrogen) atoms. The van der Waals surface area contributed by atoms with Crippen molar-refractivity contribution in [3.63, 3.8) is 0 Å². The van der Waals surface area contributed by atoms with Crippen LogP contribution in [-0.2, 0) is 14.3 Å². The van der Waals surface area contributed by atoms with Gasteiger partial charge in [-0.25, -0.2) is 9.79 Å². The molecule has 0 amide bonds. The molecule has 0 bridgehead atoms. The molecule has 0 N–H and O–H groups in total. The van der Waals surface area contributed by atoms with Gasteiger partial charge in [-0.1, -0.05) is 17.7 Å². The maximum atomic E-state index is 11.9. The third-order valence-corrected chi connectivity index (χ3v) is 3.27. The molecular weight excluding hydrogens is 242 g/mol. The van der Waals surface area contributed by atoms with E-state index in [0.717, 1.165) is 16.7 Å². The highest BCUT2D eigenvalue weighted by atomic mass is 16.5. The predicted octanol–water partition coefficient (Wildman–Crippen LogP) is 2.64. The normalized spacial score (nSPS) is 21.3. The molecule has 1 aliphatic heterocycles. The van der Waals surface area contributed by atoms with Gasteiger partial charge in [-0.05, 0) is 38.8 Å². The van der Waals surface area contributed by atoms with Crippen LogP contribution in [0.25, 0.3) is 0 Å². The molecule has 0 fully saturated rings. The van der Waals surface area contributed by atoms with E-state index in [-0.39, 0.29) is 12.1 Å². The van der Waals surface area contributed by atoms with E-state index in [2.05, 4.69) is 24.0 Å². The van der Waals surface area contributed by atoms with Crippen LogP contribution in [0.3, 0.4) is 0 Å². The lowest BCUT2D eigenvalue weighted by atomic mass is 9.92. The number of rotatable bonds is 3. The minimum Gasteiger partial charge on any atom is -0.473 e. The molecule has 0 saturated carbocycles. The van der Waals surface area contributed by atoms with Crippen LogP contribution < -0.4 is 0 Å². The summed E-state index contributed by atoms with van der Waals surface area (Å²) in [6, 6.07) is 3.58. The van der Waals surface area contributed by atoms with Gasteiger partial charge in [0.25, 0.3) is 0 Å². The van der Waals surface area contributed by atoms with Crippen molar-refractivity contribution in [2.75, 3.05) is 6.61 Å². The van der Waals surface area contributed by atoms with Crippen LogP contribution in [0.5, 0.6) is 0 Å². The topological polar surface area (TPSA) is 47.9 Å². The van der Waals surface area contributed by atoms with Crippen LogP contribution >= 0.6 is 0 Å². The Bertz CT molecular complexity index is 499. The molecule has 0 saturated heterocycles. The summed E-state index contributed by atoms with van der Waals surface area (Å²) in [7, 11) is 0. The van der Waals surface area contributed by atoms with E-state index in [1.54, 1.807) is 6.92 Å². The number of benzene rings is 1. The van der Waals surface area contributed by atoms with Gasteiger partial charge in [0.1, 0.15) is 0 Å². The number of carbonyl (C=O) groups excluding carboxylic acids is 1. The van der Waals surface area contributed by atoms with E-state index in [1.165, 1.54) is 12.0 Å². The Morgan fingerprint density at radius 2 is 1.95 bits per heavy atom. The molecule has 2 rings (SSSR count). The van der Waals surface area contributed by atoms with Gasteiger partial charge in [-0.15, -0.1) is 0 Å². The average Bonchev–Trinajstić information content (AvgIpc) is 2.77. The zero-order valence-corrected chi connectivity index (χ0v) is 11.8. The number of carbonyl (C=O) groups is 1. The van der Waals surface area contributed by atoms with Gasteiger partial charge in [0.2, 0.25) is 0 Å². The minimum absolute atomic E-state index is 0.333. The van der Waals surface area contributed by atoms with Gasteiger partial charge in [-0.3, -0.25) is 0 Å². The molecule has 0 spiro atoms. The van der Waals surface area contributed by atoms with Crippen molar-refractivity contribution in [2.24, 2.45) is 4.99 Å². The van der Waals surface area contributed by atoms with Crippen molar-refractivity contribution in [3.8, 4) is 0 Å². The highest BCUT2D eigenvalue weighted by Gasteiger charge is 2.36. The number of nitrogens with zero attached hydrogens (tertiary/aromatic N) is 1. The quantitative estimate of drug-likeness (QED) is 0.786. The molecule has 4 nitrogen and oxygen atoms in total. The predicted molar refractivity (Wildman–Crippen MR) is 73.4 cm³/mol. The fourth-order valence-electron chi connectivity index (χ4n) is 2.60. The summed E-state index contributed by atoms with van der Waals surface area (Å²) in [5, 5.41) is 0. The van der Waals surface area contributed by atoms with Crippen molar-refractivity contribution in [1.29, 1.82) is 0 Å². The van der Waals surface area contributed by atoms with Crippen molar-refractivity contribution >= 4 is 12.4 Å². The van der Waals surface area contributed by atoms with Crippen LogP contribution in [0.4, 0.5) is 0 Å². The SMILES string of the molecule is CCOC(=O)C1N=COC1c1c(C)cc(C)cc1C. The molecule has 0 aliphatic carbocycles. The molecule has 4 heteroatoms. The Morgan fingerprint density at radius 3 is 2.53 bits per heavy atom. The van der Waals surface area contributed by atoms with Crippen molar-refractivity contribution in [3.05, 3.63) is 34.4 Å². The third-order valence-electron chi connectivity index (χ3n) is 3.27. The number of hydrogen-bond acceptors (Lipinski definition) is 4. The van der Waals surface area contributed by atoms with Gasteiger partial charge in [0, 0.05) is 5.56 Å². The van der Waals surface area contributed by atoms with E-state index in [4.69, 9.17) is 9.47 Å². The number of esters is 1. The maximum absolute atomic E-state index is 11.9. The first-order valence-corrected chi connectivity index (χ1v) is 6.46. The Kier molecular flexibility index (Phi) is 3.88. The van der Waals surface area contributed by atoms with E-state index in [9.17, 15) is 4.79 Å². The van der Waals surface area contributed by atoms with Gasteiger partial charge in [0.05, 0.1) is 6.61 Å². The summed E-state index contributed by atoms with van der Waals surface area (Å²) in [4.78, 5) is 16.0. The largest absolute Gasteiger partial charge is 0.473 e. The zero-order valence-electron chi connectivity index (χ0n) is 11.8. The Hall–Kier alpha value is -1.84. The summed E-state index contributed by atoms with van der Waals surface area (Å²) in [5.41, 5.74) is 4.45. The van der Waals surface area contributed by atoms with Crippen LogP contribution in [0, 0.1) is 20.8 Å². The molecule has 0 radical (unpaired) electrons. The van der Waals surface area contributed by atoms with E-state index < -0.39 is 6.04 Å². The molecule has 2 unspecified atom stereocenters. The highest BCUT2D eigenvalue weighted by Crippen LogP contribution is 2.33. The minimum atomic E-state index is -0.597. The standard InChI is InChI=1S/C15H19NO3/c1-5-18-15(17)13-14(19-8-16-13)12-10(3)6-9(2)7-11(12)4/h6-8,13-14H,5H2,1-4H3. The molecule has 0 aromatic heterocycles. The van der Waals surface area contributed by atoms with E-state index in [1.807, 2.05) is 13.8 Å².